The molecule has 0 bridgehead atoms. The average molecular weight is 300 g/mol. The molecule has 21 heavy (non-hydrogen) atoms. The van der Waals surface area contributed by atoms with Crippen LogP contribution in [-0.4, -0.2) is 30.2 Å². The summed E-state index contributed by atoms with van der Waals surface area (Å²) in [5.41, 5.74) is 1.72. The third-order valence-electron chi connectivity index (χ3n) is 2.73. The number of hydrogen-bond acceptors (Lipinski definition) is 6. The molecule has 1 heterocycles. The van der Waals surface area contributed by atoms with Crippen molar-refractivity contribution in [2.24, 2.45) is 0 Å². The second-order valence-corrected chi connectivity index (χ2v) is 5.32. The fourth-order valence-electron chi connectivity index (χ4n) is 1.72. The maximum atomic E-state index is 9.29. The number of hydrogen-bond donors (Lipinski definition) is 1. The molecule has 0 aliphatic heterocycles. The zero-order valence-electron chi connectivity index (χ0n) is 11.7. The first-order valence-electron chi connectivity index (χ1n) is 6.50. The molecular formula is C15H16N4OS. The normalized spacial score (nSPS) is 10.3. The maximum Gasteiger partial charge on any atom is 0.119 e. The Labute approximate surface area is 128 Å². The van der Waals surface area contributed by atoms with Crippen molar-refractivity contribution in [3.63, 3.8) is 0 Å². The number of nitrogens with one attached hydrogen (secondary N) is 1. The van der Waals surface area contributed by atoms with Crippen LogP contribution in [-0.2, 0) is 11.3 Å². The number of benzene rings is 1. The summed E-state index contributed by atoms with van der Waals surface area (Å²) in [6.45, 7) is 2.17. The first kappa shape index (κ1) is 15.4. The van der Waals surface area contributed by atoms with E-state index < -0.39 is 0 Å². The smallest absolute Gasteiger partial charge is 0.119 e. The summed E-state index contributed by atoms with van der Waals surface area (Å²) in [5, 5.41) is 13.3. The molecule has 0 unspecified atom stereocenters. The maximum absolute atomic E-state index is 9.29. The lowest BCUT2D eigenvalue weighted by Gasteiger charge is -2.07. The lowest BCUT2D eigenvalue weighted by atomic mass is 10.1. The Hall–Kier alpha value is -1.94. The first-order chi connectivity index (χ1) is 10.3. The number of rotatable bonds is 7. The highest BCUT2D eigenvalue weighted by molar-refractivity contribution is 7.99. The van der Waals surface area contributed by atoms with E-state index in [1.54, 1.807) is 25.7 Å². The molecule has 0 radical (unpaired) electrons. The quantitative estimate of drug-likeness (QED) is 0.791. The molecule has 6 heteroatoms. The van der Waals surface area contributed by atoms with E-state index in [0.717, 1.165) is 22.0 Å². The van der Waals surface area contributed by atoms with Crippen LogP contribution in [0.4, 0.5) is 0 Å². The molecule has 0 aliphatic rings. The monoisotopic (exact) mass is 300 g/mol. The predicted octanol–water partition coefficient (Wildman–Crippen LogP) is 2.24. The molecular weight excluding hydrogens is 284 g/mol. The lowest BCUT2D eigenvalue weighted by molar-refractivity contribution is 0.199. The average Bonchev–Trinajstić information content (AvgIpc) is 2.53. The Morgan fingerprint density at radius 1 is 1.38 bits per heavy atom. The predicted molar refractivity (Wildman–Crippen MR) is 80.9 cm³/mol. The topological polar surface area (TPSA) is 70.8 Å². The standard InChI is InChI=1S/C15H16N4OS/c1-20-7-6-18-10-12-2-3-14(13(8-12)9-16)21-15-11-17-4-5-19-15/h2-5,8,11,18H,6-7,10H2,1H3. The summed E-state index contributed by atoms with van der Waals surface area (Å²) >= 11 is 1.44. The summed E-state index contributed by atoms with van der Waals surface area (Å²) in [6, 6.07) is 8.10. The van der Waals surface area contributed by atoms with E-state index in [2.05, 4.69) is 21.4 Å². The minimum Gasteiger partial charge on any atom is -0.383 e. The molecule has 0 saturated heterocycles. The molecule has 0 saturated carbocycles. The van der Waals surface area contributed by atoms with Crippen molar-refractivity contribution < 1.29 is 4.74 Å². The van der Waals surface area contributed by atoms with Gasteiger partial charge in [-0.2, -0.15) is 5.26 Å². The van der Waals surface area contributed by atoms with Gasteiger partial charge in [0.25, 0.3) is 0 Å². The number of ether oxygens (including phenoxy) is 1. The number of nitrogens with zero attached hydrogens (tertiary/aromatic N) is 3. The van der Waals surface area contributed by atoms with Crippen molar-refractivity contribution in [2.45, 2.75) is 16.5 Å². The second kappa shape index (κ2) is 8.37. The van der Waals surface area contributed by atoms with E-state index in [4.69, 9.17) is 4.74 Å². The van der Waals surface area contributed by atoms with E-state index in [9.17, 15) is 5.26 Å². The van der Waals surface area contributed by atoms with Gasteiger partial charge in [-0.25, -0.2) is 4.98 Å². The van der Waals surface area contributed by atoms with Gasteiger partial charge in [0.1, 0.15) is 11.1 Å². The van der Waals surface area contributed by atoms with Gasteiger partial charge in [0, 0.05) is 37.5 Å². The van der Waals surface area contributed by atoms with Crippen molar-refractivity contribution in [3.05, 3.63) is 47.9 Å². The fourth-order valence-corrected chi connectivity index (χ4v) is 2.52. The second-order valence-electron chi connectivity index (χ2n) is 4.26. The van der Waals surface area contributed by atoms with Gasteiger partial charge in [-0.3, -0.25) is 4.98 Å². The minimum absolute atomic E-state index is 0.650. The SMILES string of the molecule is COCCNCc1ccc(Sc2cnccn2)c(C#N)c1. The third kappa shape index (κ3) is 4.83. The molecule has 0 fully saturated rings. The van der Waals surface area contributed by atoms with Crippen LogP contribution in [0.25, 0.3) is 0 Å². The van der Waals surface area contributed by atoms with Gasteiger partial charge in [0.15, 0.2) is 0 Å². The van der Waals surface area contributed by atoms with Gasteiger partial charge in [-0.1, -0.05) is 17.8 Å². The van der Waals surface area contributed by atoms with Gasteiger partial charge in [0.2, 0.25) is 0 Å². The Balaban J connectivity index is 2.05. The molecule has 1 aromatic carbocycles. The lowest BCUT2D eigenvalue weighted by Crippen LogP contribution is -2.18. The van der Waals surface area contributed by atoms with Gasteiger partial charge in [-0.15, -0.1) is 0 Å². The summed E-state index contributed by atoms with van der Waals surface area (Å²) in [7, 11) is 1.67. The largest absolute Gasteiger partial charge is 0.383 e. The van der Waals surface area contributed by atoms with Crippen LogP contribution < -0.4 is 5.32 Å². The third-order valence-corrected chi connectivity index (χ3v) is 3.73. The van der Waals surface area contributed by atoms with Crippen molar-refractivity contribution in [1.29, 1.82) is 5.26 Å². The highest BCUT2D eigenvalue weighted by Crippen LogP contribution is 2.28. The molecule has 1 N–H and O–H groups in total. The van der Waals surface area contributed by atoms with E-state index in [1.807, 2.05) is 18.2 Å². The fraction of sp³-hybridized carbons (Fsp3) is 0.267. The molecule has 0 amide bonds. The van der Waals surface area contributed by atoms with E-state index in [1.165, 1.54) is 11.8 Å². The summed E-state index contributed by atoms with van der Waals surface area (Å²) in [4.78, 5) is 9.12. The van der Waals surface area contributed by atoms with Gasteiger partial charge < -0.3 is 10.1 Å². The van der Waals surface area contributed by atoms with Crippen LogP contribution in [0, 0.1) is 11.3 Å². The zero-order valence-corrected chi connectivity index (χ0v) is 12.6. The van der Waals surface area contributed by atoms with Crippen LogP contribution in [0.1, 0.15) is 11.1 Å². The molecule has 0 spiro atoms. The summed E-state index contributed by atoms with van der Waals surface area (Å²) in [5.74, 6) is 0. The van der Waals surface area contributed by atoms with E-state index in [-0.39, 0.29) is 0 Å². The Morgan fingerprint density at radius 2 is 2.29 bits per heavy atom. The number of nitriles is 1. The Kier molecular flexibility index (Phi) is 6.16. The van der Waals surface area contributed by atoms with Gasteiger partial charge in [0.05, 0.1) is 18.4 Å². The van der Waals surface area contributed by atoms with Gasteiger partial charge >= 0.3 is 0 Å². The summed E-state index contributed by atoms with van der Waals surface area (Å²) in [6.07, 6.45) is 4.96. The molecule has 2 aromatic rings. The number of methoxy groups -OCH3 is 1. The molecule has 0 atom stereocenters. The Bertz CT molecular complexity index is 613. The van der Waals surface area contributed by atoms with Crippen molar-refractivity contribution in [3.8, 4) is 6.07 Å². The van der Waals surface area contributed by atoms with Crippen LogP contribution in [0.5, 0.6) is 0 Å². The highest BCUT2D eigenvalue weighted by atomic mass is 32.2. The number of aromatic nitrogens is 2. The van der Waals surface area contributed by atoms with Crippen LogP contribution in [0.15, 0.2) is 46.7 Å². The van der Waals surface area contributed by atoms with Crippen LogP contribution in [0.2, 0.25) is 0 Å². The molecule has 5 nitrogen and oxygen atoms in total. The van der Waals surface area contributed by atoms with Crippen molar-refractivity contribution in [1.82, 2.24) is 15.3 Å². The van der Waals surface area contributed by atoms with Crippen molar-refractivity contribution in [2.75, 3.05) is 20.3 Å². The van der Waals surface area contributed by atoms with Crippen LogP contribution >= 0.6 is 11.8 Å². The Morgan fingerprint density at radius 3 is 3.00 bits per heavy atom. The first-order valence-corrected chi connectivity index (χ1v) is 7.31. The molecule has 2 rings (SSSR count). The van der Waals surface area contributed by atoms with E-state index in [0.29, 0.717) is 18.7 Å². The van der Waals surface area contributed by atoms with Crippen molar-refractivity contribution >= 4 is 11.8 Å². The molecule has 1 aromatic heterocycles. The molecule has 0 aliphatic carbocycles. The van der Waals surface area contributed by atoms with E-state index >= 15 is 0 Å². The van der Waals surface area contributed by atoms with Crippen LogP contribution in [0.3, 0.4) is 0 Å². The highest BCUT2D eigenvalue weighted by Gasteiger charge is 2.06. The van der Waals surface area contributed by atoms with Gasteiger partial charge in [-0.05, 0) is 17.7 Å². The molecule has 108 valence electrons. The zero-order chi connectivity index (χ0) is 14.9. The summed E-state index contributed by atoms with van der Waals surface area (Å²) < 4.78 is 4.98. The minimum atomic E-state index is 0.650.